The Morgan fingerprint density at radius 2 is 1.69 bits per heavy atom. The highest BCUT2D eigenvalue weighted by Gasteiger charge is 2.29. The van der Waals surface area contributed by atoms with E-state index in [4.69, 9.17) is 14.2 Å². The van der Waals surface area contributed by atoms with Crippen molar-refractivity contribution in [1.82, 2.24) is 14.8 Å². The molecule has 0 aromatic heterocycles. The van der Waals surface area contributed by atoms with Gasteiger partial charge in [-0.1, -0.05) is 6.07 Å². The fourth-order valence-electron chi connectivity index (χ4n) is 3.64. The number of methoxy groups -OCH3 is 3. The van der Waals surface area contributed by atoms with Gasteiger partial charge in [0.05, 0.1) is 21.3 Å². The van der Waals surface area contributed by atoms with Crippen LogP contribution in [-0.2, 0) is 16.1 Å². The molecule has 1 aromatic carbocycles. The van der Waals surface area contributed by atoms with Crippen LogP contribution in [0.25, 0.3) is 0 Å². The Morgan fingerprint density at radius 1 is 1.00 bits per heavy atom. The normalized spacial score (nSPS) is 17.8. The van der Waals surface area contributed by atoms with Gasteiger partial charge in [-0.15, -0.1) is 0 Å². The summed E-state index contributed by atoms with van der Waals surface area (Å²) in [5, 5.41) is 5.40. The Morgan fingerprint density at radius 3 is 2.28 bits per heavy atom. The molecule has 2 heterocycles. The summed E-state index contributed by atoms with van der Waals surface area (Å²) in [6.07, 6.45) is 0.741. The maximum absolute atomic E-state index is 12.7. The van der Waals surface area contributed by atoms with Crippen molar-refractivity contribution in [3.63, 3.8) is 0 Å². The molecule has 2 aliphatic heterocycles. The van der Waals surface area contributed by atoms with E-state index in [0.717, 1.165) is 18.7 Å². The first-order valence-electron chi connectivity index (χ1n) is 9.62. The summed E-state index contributed by atoms with van der Waals surface area (Å²) in [7, 11) is 6.39. The number of piperazine rings is 1. The van der Waals surface area contributed by atoms with Crippen molar-refractivity contribution < 1.29 is 23.8 Å². The van der Waals surface area contributed by atoms with Crippen LogP contribution < -0.4 is 14.2 Å². The summed E-state index contributed by atoms with van der Waals surface area (Å²) in [5.41, 5.74) is 1.46. The van der Waals surface area contributed by atoms with Crippen LogP contribution >= 0.6 is 0 Å². The van der Waals surface area contributed by atoms with Gasteiger partial charge in [-0.25, -0.2) is 5.01 Å². The molecule has 0 aliphatic carbocycles. The Balaban J connectivity index is 1.62. The minimum absolute atomic E-state index is 0.0600. The predicted octanol–water partition coefficient (Wildman–Crippen LogP) is 0.965. The summed E-state index contributed by atoms with van der Waals surface area (Å²) < 4.78 is 16.4. The Labute approximate surface area is 170 Å². The predicted molar refractivity (Wildman–Crippen MR) is 107 cm³/mol. The molecule has 3 rings (SSSR count). The highest BCUT2D eigenvalue weighted by atomic mass is 16.5. The van der Waals surface area contributed by atoms with E-state index < -0.39 is 0 Å². The third kappa shape index (κ3) is 4.45. The van der Waals surface area contributed by atoms with E-state index in [1.807, 2.05) is 17.0 Å². The van der Waals surface area contributed by atoms with E-state index >= 15 is 0 Å². The minimum Gasteiger partial charge on any atom is -0.493 e. The lowest BCUT2D eigenvalue weighted by molar-refractivity contribution is -0.131. The lowest BCUT2D eigenvalue weighted by atomic mass is 10.1. The van der Waals surface area contributed by atoms with E-state index in [9.17, 15) is 9.59 Å². The number of nitrogens with zero attached hydrogens (tertiary/aromatic N) is 4. The van der Waals surface area contributed by atoms with Gasteiger partial charge < -0.3 is 19.1 Å². The molecule has 1 aromatic rings. The first kappa shape index (κ1) is 20.9. The maximum atomic E-state index is 12.7. The monoisotopic (exact) mass is 404 g/mol. The highest BCUT2D eigenvalue weighted by Crippen LogP contribution is 2.40. The van der Waals surface area contributed by atoms with Crippen LogP contribution in [0.1, 0.15) is 18.4 Å². The average molecular weight is 404 g/mol. The number of carbonyl (C=O) groups is 2. The van der Waals surface area contributed by atoms with Gasteiger partial charge in [-0.05, 0) is 6.07 Å². The molecule has 0 unspecified atom stereocenters. The zero-order chi connectivity index (χ0) is 21.0. The van der Waals surface area contributed by atoms with Crippen LogP contribution in [0.2, 0.25) is 0 Å². The fraction of sp³-hybridized carbons (Fsp3) is 0.550. The molecule has 0 bridgehead atoms. The Hall–Kier alpha value is -2.81. The lowest BCUT2D eigenvalue weighted by Crippen LogP contribution is -2.51. The largest absolute Gasteiger partial charge is 0.493 e. The molecule has 0 spiro atoms. The first-order chi connectivity index (χ1) is 14.0. The van der Waals surface area contributed by atoms with Crippen LogP contribution in [0.4, 0.5) is 0 Å². The SMILES string of the molecule is COc1ccc(CN2CCN(C(=O)C3=NN(C)C(=O)CC3)CC2)c(OC)c1OC. The van der Waals surface area contributed by atoms with Gasteiger partial charge in [0.15, 0.2) is 11.5 Å². The van der Waals surface area contributed by atoms with Gasteiger partial charge in [-0.2, -0.15) is 5.10 Å². The van der Waals surface area contributed by atoms with Crippen molar-refractivity contribution in [3.8, 4) is 17.2 Å². The molecule has 2 aliphatic rings. The van der Waals surface area contributed by atoms with Gasteiger partial charge >= 0.3 is 0 Å². The molecule has 0 N–H and O–H groups in total. The van der Waals surface area contributed by atoms with E-state index in [1.165, 1.54) is 5.01 Å². The number of carbonyl (C=O) groups excluding carboxylic acids is 2. The summed E-state index contributed by atoms with van der Waals surface area (Å²) >= 11 is 0. The topological polar surface area (TPSA) is 83.9 Å². The summed E-state index contributed by atoms with van der Waals surface area (Å²) in [6, 6.07) is 3.84. The maximum Gasteiger partial charge on any atom is 0.270 e. The van der Waals surface area contributed by atoms with Gasteiger partial charge in [0.1, 0.15) is 5.71 Å². The van der Waals surface area contributed by atoms with Gasteiger partial charge in [-0.3, -0.25) is 14.5 Å². The molecule has 0 radical (unpaired) electrons. The quantitative estimate of drug-likeness (QED) is 0.702. The first-order valence-corrected chi connectivity index (χ1v) is 9.62. The van der Waals surface area contributed by atoms with Crippen LogP contribution in [0.15, 0.2) is 17.2 Å². The van der Waals surface area contributed by atoms with Crippen molar-refractivity contribution in [2.24, 2.45) is 5.10 Å². The molecule has 1 saturated heterocycles. The number of amides is 2. The minimum atomic E-state index is -0.0762. The van der Waals surface area contributed by atoms with Crippen LogP contribution in [-0.4, -0.2) is 86.9 Å². The molecule has 0 atom stereocenters. The summed E-state index contributed by atoms with van der Waals surface area (Å²) in [6.45, 7) is 3.40. The van der Waals surface area contributed by atoms with E-state index in [1.54, 1.807) is 28.4 Å². The Bertz CT molecular complexity index is 802. The number of hydrogen-bond donors (Lipinski definition) is 0. The van der Waals surface area contributed by atoms with Crippen LogP contribution in [0, 0.1) is 0 Å². The molecule has 29 heavy (non-hydrogen) atoms. The number of ether oxygens (including phenoxy) is 3. The molecule has 9 heteroatoms. The van der Waals surface area contributed by atoms with Crippen molar-refractivity contribution in [3.05, 3.63) is 17.7 Å². The number of rotatable bonds is 6. The van der Waals surface area contributed by atoms with Crippen molar-refractivity contribution in [1.29, 1.82) is 0 Å². The average Bonchev–Trinajstić information content (AvgIpc) is 2.75. The standard InChI is InChI=1S/C20H28N4O5/c1-22-17(25)8-6-15(21-22)20(26)24-11-9-23(10-12-24)13-14-5-7-16(27-2)19(29-4)18(14)28-3/h5,7H,6,8-13H2,1-4H3. The molecular formula is C20H28N4O5. The van der Waals surface area contributed by atoms with E-state index in [-0.39, 0.29) is 11.8 Å². The molecular weight excluding hydrogens is 376 g/mol. The second kappa shape index (κ2) is 9.13. The van der Waals surface area contributed by atoms with Crippen LogP contribution in [0.5, 0.6) is 17.2 Å². The summed E-state index contributed by atoms with van der Waals surface area (Å²) in [5.74, 6) is 1.73. The van der Waals surface area contributed by atoms with Crippen molar-refractivity contribution in [2.75, 3.05) is 54.6 Å². The third-order valence-corrected chi connectivity index (χ3v) is 5.29. The zero-order valence-electron chi connectivity index (χ0n) is 17.4. The van der Waals surface area contributed by atoms with E-state index in [2.05, 4.69) is 10.0 Å². The zero-order valence-corrected chi connectivity index (χ0v) is 17.4. The molecule has 9 nitrogen and oxygen atoms in total. The smallest absolute Gasteiger partial charge is 0.270 e. The molecule has 1 fully saturated rings. The fourth-order valence-corrected chi connectivity index (χ4v) is 3.64. The summed E-state index contributed by atoms with van der Waals surface area (Å²) in [4.78, 5) is 28.3. The lowest BCUT2D eigenvalue weighted by Gasteiger charge is -2.35. The van der Waals surface area contributed by atoms with Gasteiger partial charge in [0, 0.05) is 58.2 Å². The van der Waals surface area contributed by atoms with Crippen molar-refractivity contribution >= 4 is 17.5 Å². The second-order valence-electron chi connectivity index (χ2n) is 7.03. The Kier molecular flexibility index (Phi) is 6.58. The number of benzene rings is 1. The van der Waals surface area contributed by atoms with E-state index in [0.29, 0.717) is 55.4 Å². The highest BCUT2D eigenvalue weighted by molar-refractivity contribution is 6.39. The molecule has 0 saturated carbocycles. The molecule has 2 amide bonds. The van der Waals surface area contributed by atoms with Crippen LogP contribution in [0.3, 0.4) is 0 Å². The molecule has 158 valence electrons. The van der Waals surface area contributed by atoms with Crippen molar-refractivity contribution in [2.45, 2.75) is 19.4 Å². The number of hydrazone groups is 1. The third-order valence-electron chi connectivity index (χ3n) is 5.29. The number of hydrogen-bond acceptors (Lipinski definition) is 7. The second-order valence-corrected chi connectivity index (χ2v) is 7.03. The van der Waals surface area contributed by atoms with Gasteiger partial charge in [0.25, 0.3) is 5.91 Å². The van der Waals surface area contributed by atoms with Gasteiger partial charge in [0.2, 0.25) is 11.7 Å².